The van der Waals surface area contributed by atoms with Crippen LogP contribution < -0.4 is 148 Å². The van der Waals surface area contributed by atoms with Crippen molar-refractivity contribution in [3.8, 4) is 11.5 Å². The van der Waals surface area contributed by atoms with E-state index in [9.17, 15) is 14.7 Å². The Kier molecular flexibility index (Phi) is 30.2. The topological polar surface area (TPSA) is 144 Å². The van der Waals surface area contributed by atoms with Crippen LogP contribution in [0.1, 0.15) is 131 Å². The molecule has 4 fully saturated rings. The molecule has 63 heavy (non-hydrogen) atoms. The van der Waals surface area contributed by atoms with E-state index in [1.807, 2.05) is 70.7 Å². The average Bonchev–Trinajstić information content (AvgIpc) is 3.60. The minimum Gasteiger partial charge on any atom is -1.00 e. The number of ether oxygens (including phenoxy) is 3. The number of amides is 2. The van der Waals surface area contributed by atoms with Gasteiger partial charge in [-0.2, -0.15) is 0 Å². The fourth-order valence-electron chi connectivity index (χ4n) is 8.07. The van der Waals surface area contributed by atoms with Gasteiger partial charge in [-0.25, -0.2) is 9.59 Å². The van der Waals surface area contributed by atoms with Gasteiger partial charge in [-0.15, -0.1) is 0 Å². The molecule has 4 aliphatic heterocycles. The SMILES string of the molecule is CN1CCCC(Br)C1.C[C@H]1CC[C@H](c2cccc(O)c2)N(C(=O)OC(C)(C)C)C1.C[C@H]1CC[C@H](c2cccc(OC[C@@H]3CCCN3C)c2)N(C(=O)OC(C)(C)C)C1.O=CO[O-].[Cs+].[Cs+].[H-]. The molecule has 2 aromatic carbocycles. The van der Waals surface area contributed by atoms with E-state index >= 15 is 0 Å². The van der Waals surface area contributed by atoms with Gasteiger partial charge in [-0.1, -0.05) is 54.0 Å². The summed E-state index contributed by atoms with van der Waals surface area (Å²) in [5.41, 5.74) is 1.12. The largest absolute Gasteiger partial charge is 1.00 e. The molecule has 0 aromatic heterocycles. The summed E-state index contributed by atoms with van der Waals surface area (Å²) in [6, 6.07) is 15.9. The molecular weight excluding hydrogens is 1110 g/mol. The van der Waals surface area contributed by atoms with E-state index in [2.05, 4.69) is 70.7 Å². The first kappa shape index (κ1) is 61.5. The zero-order valence-corrected chi connectivity index (χ0v) is 54.6. The number of halogens is 1. The number of carbonyl (C=O) groups excluding carboxylic acids is 3. The third kappa shape index (κ3) is 23.6. The summed E-state index contributed by atoms with van der Waals surface area (Å²) in [6.07, 6.45) is 8.68. The van der Waals surface area contributed by atoms with Crippen LogP contribution in [0.15, 0.2) is 48.5 Å². The molecule has 0 aliphatic carbocycles. The van der Waals surface area contributed by atoms with Gasteiger partial charge in [0.15, 0.2) is 0 Å². The minimum absolute atomic E-state index is 0. The minimum atomic E-state index is -0.499. The van der Waals surface area contributed by atoms with Gasteiger partial charge in [-0.05, 0) is 167 Å². The molecule has 4 aliphatic rings. The Hall–Kier alpha value is 0.514. The van der Waals surface area contributed by atoms with E-state index in [1.54, 1.807) is 17.0 Å². The molecule has 4 heterocycles. The number of likely N-dealkylation sites (tertiary alicyclic amines) is 4. The number of hydrogen-bond acceptors (Lipinski definition) is 11. The summed E-state index contributed by atoms with van der Waals surface area (Å²) in [5, 5.41) is 18.1. The van der Waals surface area contributed by atoms with E-state index < -0.39 is 11.2 Å². The Morgan fingerprint density at radius 2 is 1.27 bits per heavy atom. The van der Waals surface area contributed by atoms with Crippen LogP contribution in [0.5, 0.6) is 11.5 Å². The number of carbonyl (C=O) groups is 3. The standard InChI is InChI=1S/C23H36N2O3.C17H25NO3.C6H12BrN.CH2O3.2Cs.H/c1-17-11-12-21(25(15-17)22(26)28-23(2,3)4)18-8-6-10-20(14-18)27-16-19-9-7-13-24(19)5;1-12-8-9-15(13-6-5-7-14(19)10-13)18(11-12)16(20)21-17(2,3)4;1-8-4-2-3-6(7)5-8;2-1-4-3;;;/h6,8,10,14,17,19,21H,7,9,11-13,15-16H2,1-5H3;5-7,10,12,15,19H,8-9,11H2,1-4H3;6H,2-5H2,1H3;1,3H;;;/q;;;;2*+1;-1/p-1/t17-,19-,21+;12-,15+;;;;;/m00...../s1. The fraction of sp³-hybridized carbons (Fsp3) is 0.681. The summed E-state index contributed by atoms with van der Waals surface area (Å²) in [4.78, 5) is 45.7. The molecule has 0 bridgehead atoms. The maximum absolute atomic E-state index is 12.8. The monoisotopic (exact) mass is 1180 g/mol. The Morgan fingerprint density at radius 3 is 1.68 bits per heavy atom. The quantitative estimate of drug-likeness (QED) is 0.198. The smallest absolute Gasteiger partial charge is 1.00 e. The first-order valence-electron chi connectivity index (χ1n) is 22.0. The molecule has 0 spiro atoms. The predicted molar refractivity (Wildman–Crippen MR) is 242 cm³/mol. The van der Waals surface area contributed by atoms with Crippen molar-refractivity contribution < 1.29 is 183 Å². The molecule has 4 saturated heterocycles. The van der Waals surface area contributed by atoms with Crippen LogP contribution in [0.4, 0.5) is 9.59 Å². The van der Waals surface area contributed by atoms with Gasteiger partial charge in [-0.3, -0.25) is 4.79 Å². The number of nitrogens with zero attached hydrogens (tertiary/aromatic N) is 4. The van der Waals surface area contributed by atoms with Crippen molar-refractivity contribution in [1.29, 1.82) is 0 Å². The number of alkyl halides is 1. The third-order valence-corrected chi connectivity index (χ3v) is 11.9. The Balaban J connectivity index is 0.000000969. The molecule has 16 heteroatoms. The van der Waals surface area contributed by atoms with Crippen molar-refractivity contribution >= 4 is 34.6 Å². The number of rotatable bonds is 6. The van der Waals surface area contributed by atoms with E-state index in [1.165, 1.54) is 38.8 Å². The van der Waals surface area contributed by atoms with Gasteiger partial charge in [0.2, 0.25) is 0 Å². The molecule has 13 nitrogen and oxygen atoms in total. The van der Waals surface area contributed by atoms with Crippen LogP contribution in [0, 0.1) is 11.8 Å². The Morgan fingerprint density at radius 1 is 0.778 bits per heavy atom. The summed E-state index contributed by atoms with van der Waals surface area (Å²) in [7, 11) is 4.34. The van der Waals surface area contributed by atoms with Crippen LogP contribution in [-0.4, -0.2) is 119 Å². The van der Waals surface area contributed by atoms with Gasteiger partial charge >= 0.3 is 150 Å². The molecule has 6 atom stereocenters. The molecule has 6 rings (SSSR count). The summed E-state index contributed by atoms with van der Waals surface area (Å²) in [5.74, 6) is 2.07. The van der Waals surface area contributed by atoms with Crippen molar-refractivity contribution in [1.82, 2.24) is 19.6 Å². The van der Waals surface area contributed by atoms with E-state index in [-0.39, 0.29) is 176 Å². The van der Waals surface area contributed by atoms with Crippen molar-refractivity contribution in [3.05, 3.63) is 59.7 Å². The molecule has 1 unspecified atom stereocenters. The zero-order chi connectivity index (χ0) is 45.3. The number of phenols is 1. The molecule has 0 saturated carbocycles. The van der Waals surface area contributed by atoms with E-state index in [0.717, 1.165) is 67.1 Å². The second-order valence-corrected chi connectivity index (χ2v) is 20.4. The van der Waals surface area contributed by atoms with Crippen LogP contribution >= 0.6 is 15.9 Å². The van der Waals surface area contributed by atoms with Crippen molar-refractivity contribution in [2.75, 3.05) is 53.4 Å². The number of piperidine rings is 3. The maximum Gasteiger partial charge on any atom is 1.00 e. The van der Waals surface area contributed by atoms with Gasteiger partial charge in [0.25, 0.3) is 6.47 Å². The normalized spacial score (nSPS) is 23.9. The molecule has 1 N–H and O–H groups in total. The van der Waals surface area contributed by atoms with Crippen LogP contribution in [0.2, 0.25) is 0 Å². The van der Waals surface area contributed by atoms with Crippen LogP contribution in [0.3, 0.4) is 0 Å². The maximum atomic E-state index is 12.8. The number of hydrogen-bond donors (Lipinski definition) is 1. The second kappa shape index (κ2) is 30.9. The third-order valence-electron chi connectivity index (χ3n) is 11.1. The van der Waals surface area contributed by atoms with Crippen molar-refractivity contribution in [2.24, 2.45) is 11.8 Å². The van der Waals surface area contributed by atoms with E-state index in [0.29, 0.717) is 24.4 Å². The van der Waals surface area contributed by atoms with Crippen molar-refractivity contribution in [3.63, 3.8) is 0 Å². The molecule has 0 radical (unpaired) electrons. The predicted octanol–water partition coefficient (Wildman–Crippen LogP) is 3.00. The summed E-state index contributed by atoms with van der Waals surface area (Å²) in [6.45, 7) is 21.4. The number of likely N-dealkylation sites (N-methyl/N-ethyl adjacent to an activating group) is 1. The summed E-state index contributed by atoms with van der Waals surface area (Å²) < 4.78 is 17.3. The van der Waals surface area contributed by atoms with E-state index in [4.69, 9.17) is 24.3 Å². The molecule has 2 aromatic rings. The van der Waals surface area contributed by atoms with Gasteiger partial charge in [0.1, 0.15) is 29.3 Å². The second-order valence-electron chi connectivity index (χ2n) is 19.1. The first-order valence-corrected chi connectivity index (χ1v) is 22.9. The first-order chi connectivity index (χ1) is 28.7. The molecule has 346 valence electrons. The number of aromatic hydroxyl groups is 1. The van der Waals surface area contributed by atoms with Crippen LogP contribution in [-0.2, 0) is 19.2 Å². The summed E-state index contributed by atoms with van der Waals surface area (Å²) >= 11 is 3.59. The Labute approximate surface area is 506 Å². The fourth-order valence-corrected chi connectivity index (χ4v) is 8.89. The van der Waals surface area contributed by atoms with Gasteiger partial charge in [0, 0.05) is 30.5 Å². The molecular formula is C47H75BrCs2N4O9. The Bertz CT molecular complexity index is 1650. The van der Waals surface area contributed by atoms with Crippen molar-refractivity contribution in [2.45, 2.75) is 141 Å². The van der Waals surface area contributed by atoms with Gasteiger partial charge < -0.3 is 50.5 Å². The zero-order valence-electron chi connectivity index (χ0n) is 41.4. The number of phenolic OH excluding ortho intramolecular Hbond substituents is 1. The average molecular weight is 1190 g/mol. The van der Waals surface area contributed by atoms with Crippen LogP contribution in [0.25, 0.3) is 0 Å². The number of benzene rings is 2. The molecule has 2 amide bonds. The van der Waals surface area contributed by atoms with Gasteiger partial charge in [0.05, 0.1) is 12.1 Å².